The van der Waals surface area contributed by atoms with Crippen LogP contribution in [-0.2, 0) is 16.6 Å². The Balaban J connectivity index is 2.41. The number of halogens is 1. The zero-order chi connectivity index (χ0) is 19.6. The normalized spacial score (nSPS) is 11.7. The van der Waals surface area contributed by atoms with Crippen LogP contribution in [0.5, 0.6) is 0 Å². The molecule has 0 saturated heterocycles. The van der Waals surface area contributed by atoms with Gasteiger partial charge in [-0.1, -0.05) is 29.8 Å². The Hall–Kier alpha value is -1.89. The molecule has 0 saturated carbocycles. The molecule has 2 aromatic carbocycles. The third-order valence-electron chi connectivity index (χ3n) is 4.34. The summed E-state index contributed by atoms with van der Waals surface area (Å²) in [7, 11) is 0.980. The first-order valence-corrected chi connectivity index (χ1v) is 9.90. The summed E-state index contributed by atoms with van der Waals surface area (Å²) in [5.41, 5.74) is 2.56. The molecule has 0 radical (unpaired) electrons. The van der Waals surface area contributed by atoms with Gasteiger partial charge in [-0.15, -0.1) is 0 Å². The van der Waals surface area contributed by atoms with Crippen LogP contribution in [0.4, 0.5) is 0 Å². The lowest BCUT2D eigenvalue weighted by Gasteiger charge is -2.20. The second-order valence-electron chi connectivity index (χ2n) is 6.46. The Bertz CT molecular complexity index is 940. The predicted octanol–water partition coefficient (Wildman–Crippen LogP) is 3.48. The molecule has 0 N–H and O–H groups in total. The molecule has 0 aliphatic carbocycles. The molecule has 26 heavy (non-hydrogen) atoms. The minimum atomic E-state index is -3.64. The van der Waals surface area contributed by atoms with Gasteiger partial charge in [0.25, 0.3) is 5.91 Å². The number of nitrogens with zero attached hydrogens (tertiary/aromatic N) is 2. The van der Waals surface area contributed by atoms with Gasteiger partial charge in [0, 0.05) is 38.3 Å². The molecule has 0 unspecified atom stereocenters. The number of hydrogen-bond acceptors (Lipinski definition) is 3. The summed E-state index contributed by atoms with van der Waals surface area (Å²) in [4.78, 5) is 14.5. The van der Waals surface area contributed by atoms with Gasteiger partial charge in [0.1, 0.15) is 0 Å². The molecule has 0 spiro atoms. The van der Waals surface area contributed by atoms with Crippen molar-refractivity contribution in [1.82, 2.24) is 9.21 Å². The minimum Gasteiger partial charge on any atom is -0.337 e. The summed E-state index contributed by atoms with van der Waals surface area (Å²) < 4.78 is 26.3. The molecule has 140 valence electrons. The summed E-state index contributed by atoms with van der Waals surface area (Å²) in [5.74, 6) is -0.261. The van der Waals surface area contributed by atoms with E-state index in [4.69, 9.17) is 11.6 Å². The highest BCUT2D eigenvalue weighted by molar-refractivity contribution is 7.89. The lowest BCUT2D eigenvalue weighted by Crippen LogP contribution is -2.28. The van der Waals surface area contributed by atoms with E-state index in [2.05, 4.69) is 0 Å². The monoisotopic (exact) mass is 394 g/mol. The lowest BCUT2D eigenvalue weighted by molar-refractivity contribution is 0.0785. The minimum absolute atomic E-state index is 0.150. The molecule has 0 aliphatic heterocycles. The molecule has 0 fully saturated rings. The van der Waals surface area contributed by atoms with Gasteiger partial charge in [-0.25, -0.2) is 12.7 Å². The zero-order valence-corrected chi connectivity index (χ0v) is 17.1. The molecule has 2 aromatic rings. The van der Waals surface area contributed by atoms with E-state index >= 15 is 0 Å². The van der Waals surface area contributed by atoms with Crippen molar-refractivity contribution in [2.24, 2.45) is 0 Å². The Morgan fingerprint density at radius 2 is 1.69 bits per heavy atom. The summed E-state index contributed by atoms with van der Waals surface area (Å²) in [6.07, 6.45) is 0. The average Bonchev–Trinajstić information content (AvgIpc) is 2.58. The molecule has 0 aliphatic rings. The van der Waals surface area contributed by atoms with Gasteiger partial charge in [0.15, 0.2) is 0 Å². The van der Waals surface area contributed by atoms with Crippen LogP contribution in [0.1, 0.15) is 27.0 Å². The number of carbonyl (C=O) groups excluding carboxylic acids is 1. The van der Waals surface area contributed by atoms with E-state index in [1.54, 1.807) is 33.0 Å². The van der Waals surface area contributed by atoms with E-state index in [9.17, 15) is 13.2 Å². The first-order valence-electron chi connectivity index (χ1n) is 8.08. The molecule has 7 heteroatoms. The predicted molar refractivity (Wildman–Crippen MR) is 104 cm³/mol. The smallest absolute Gasteiger partial charge is 0.253 e. The van der Waals surface area contributed by atoms with Crippen LogP contribution in [0.25, 0.3) is 0 Å². The standard InChI is InChI=1S/C19H23ClN2O3S/c1-13-10-16(11-18(14(13)2)26(24,25)21(3)4)19(23)22(5)12-15-8-6-7-9-17(15)20/h6-11H,12H2,1-5H3. The number of aryl methyl sites for hydroxylation is 1. The van der Waals surface area contributed by atoms with Crippen molar-refractivity contribution < 1.29 is 13.2 Å². The van der Waals surface area contributed by atoms with Crippen LogP contribution in [0.2, 0.25) is 5.02 Å². The van der Waals surface area contributed by atoms with E-state index in [1.165, 1.54) is 25.1 Å². The van der Waals surface area contributed by atoms with Gasteiger partial charge < -0.3 is 4.90 Å². The topological polar surface area (TPSA) is 57.7 Å². The van der Waals surface area contributed by atoms with Crippen LogP contribution >= 0.6 is 11.6 Å². The number of carbonyl (C=O) groups is 1. The van der Waals surface area contributed by atoms with E-state index in [0.29, 0.717) is 22.7 Å². The molecule has 2 rings (SSSR count). The molecular formula is C19H23ClN2O3S. The van der Waals surface area contributed by atoms with E-state index in [-0.39, 0.29) is 10.8 Å². The summed E-state index contributed by atoms with van der Waals surface area (Å²) in [6.45, 7) is 3.88. The van der Waals surface area contributed by atoms with Crippen molar-refractivity contribution in [3.05, 3.63) is 63.7 Å². The fraction of sp³-hybridized carbons (Fsp3) is 0.316. The second kappa shape index (κ2) is 7.78. The second-order valence-corrected chi connectivity index (χ2v) is 8.98. The number of benzene rings is 2. The van der Waals surface area contributed by atoms with Gasteiger partial charge in [-0.05, 0) is 48.7 Å². The van der Waals surface area contributed by atoms with Gasteiger partial charge in [0.2, 0.25) is 10.0 Å². The van der Waals surface area contributed by atoms with Gasteiger partial charge in [0.05, 0.1) is 4.90 Å². The van der Waals surface area contributed by atoms with Gasteiger partial charge >= 0.3 is 0 Å². The Morgan fingerprint density at radius 3 is 2.27 bits per heavy atom. The highest BCUT2D eigenvalue weighted by atomic mass is 35.5. The van der Waals surface area contributed by atoms with Crippen LogP contribution < -0.4 is 0 Å². The van der Waals surface area contributed by atoms with Gasteiger partial charge in [-0.2, -0.15) is 0 Å². The Labute approximate surface area is 160 Å². The maximum absolute atomic E-state index is 12.8. The Morgan fingerprint density at radius 1 is 1.08 bits per heavy atom. The number of sulfonamides is 1. The number of hydrogen-bond donors (Lipinski definition) is 0. The van der Waals surface area contributed by atoms with Crippen LogP contribution in [0.3, 0.4) is 0 Å². The van der Waals surface area contributed by atoms with Crippen molar-refractivity contribution >= 4 is 27.5 Å². The van der Waals surface area contributed by atoms with Crippen molar-refractivity contribution in [3.8, 4) is 0 Å². The zero-order valence-electron chi connectivity index (χ0n) is 15.6. The largest absolute Gasteiger partial charge is 0.337 e. The van der Waals surface area contributed by atoms with Crippen molar-refractivity contribution in [3.63, 3.8) is 0 Å². The third-order valence-corrected chi connectivity index (χ3v) is 6.65. The van der Waals surface area contributed by atoms with Crippen LogP contribution in [-0.4, -0.2) is 44.7 Å². The lowest BCUT2D eigenvalue weighted by atomic mass is 10.1. The summed E-state index contributed by atoms with van der Waals surface area (Å²) in [6, 6.07) is 10.5. The summed E-state index contributed by atoms with van der Waals surface area (Å²) >= 11 is 6.16. The van der Waals surface area contributed by atoms with Gasteiger partial charge in [-0.3, -0.25) is 4.79 Å². The van der Waals surface area contributed by atoms with E-state index in [0.717, 1.165) is 15.4 Å². The maximum atomic E-state index is 12.8. The molecule has 0 atom stereocenters. The molecule has 0 aromatic heterocycles. The SMILES string of the molecule is Cc1cc(C(=O)N(C)Cc2ccccc2Cl)cc(S(=O)(=O)N(C)C)c1C. The van der Waals surface area contributed by atoms with Crippen LogP contribution in [0, 0.1) is 13.8 Å². The molecule has 5 nitrogen and oxygen atoms in total. The maximum Gasteiger partial charge on any atom is 0.253 e. The number of amides is 1. The average molecular weight is 395 g/mol. The molecular weight excluding hydrogens is 372 g/mol. The van der Waals surface area contributed by atoms with Crippen molar-refractivity contribution in [2.45, 2.75) is 25.3 Å². The highest BCUT2D eigenvalue weighted by Crippen LogP contribution is 2.24. The van der Waals surface area contributed by atoms with E-state index in [1.807, 2.05) is 18.2 Å². The highest BCUT2D eigenvalue weighted by Gasteiger charge is 2.24. The molecule has 1 amide bonds. The number of rotatable bonds is 5. The first kappa shape index (κ1) is 20.4. The third kappa shape index (κ3) is 4.09. The first-order chi connectivity index (χ1) is 12.1. The van der Waals surface area contributed by atoms with Crippen LogP contribution in [0.15, 0.2) is 41.3 Å². The molecule has 0 bridgehead atoms. The quantitative estimate of drug-likeness (QED) is 0.780. The fourth-order valence-corrected chi connectivity index (χ4v) is 4.00. The molecule has 0 heterocycles. The van der Waals surface area contributed by atoms with E-state index < -0.39 is 10.0 Å². The van der Waals surface area contributed by atoms with Crippen molar-refractivity contribution in [2.75, 3.05) is 21.1 Å². The summed E-state index contributed by atoms with van der Waals surface area (Å²) in [5, 5.41) is 0.586. The van der Waals surface area contributed by atoms with Crippen molar-refractivity contribution in [1.29, 1.82) is 0 Å². The fourth-order valence-electron chi connectivity index (χ4n) is 2.59. The Kier molecular flexibility index (Phi) is 6.11.